The molecule has 0 aromatic carbocycles. The quantitative estimate of drug-likeness (QED) is 0.747. The molecule has 0 amide bonds. The minimum Gasteiger partial charge on any atom is -0.373 e. The Labute approximate surface area is 97.2 Å². The van der Waals surface area contributed by atoms with Crippen LogP contribution in [-0.4, -0.2) is 29.7 Å². The van der Waals surface area contributed by atoms with Crippen molar-refractivity contribution in [2.45, 2.75) is 58.0 Å². The van der Waals surface area contributed by atoms with Gasteiger partial charge in [0.25, 0.3) is 0 Å². The summed E-state index contributed by atoms with van der Waals surface area (Å²) >= 11 is 0. The minimum atomic E-state index is -0.872. The number of rotatable bonds is 3. The van der Waals surface area contributed by atoms with Crippen LogP contribution in [0.5, 0.6) is 0 Å². The molecule has 1 aliphatic rings. The molecule has 1 aliphatic heterocycles. The predicted octanol–water partition coefficient (Wildman–Crippen LogP) is 1.83. The van der Waals surface area contributed by atoms with Gasteiger partial charge in [0, 0.05) is 6.42 Å². The first-order valence-corrected chi connectivity index (χ1v) is 5.77. The van der Waals surface area contributed by atoms with E-state index in [0.717, 1.165) is 12.8 Å². The molecule has 1 fully saturated rings. The van der Waals surface area contributed by atoms with E-state index in [-0.39, 0.29) is 11.7 Å². The number of nitrogens with zero attached hydrogens (tertiary/aromatic N) is 1. The van der Waals surface area contributed by atoms with Gasteiger partial charge in [-0.3, -0.25) is 0 Å². The standard InChI is InChI=1S/C12H21NO3/c1-12(2,3)16-11(14)10-5-4-9(6-7-13)8-15-10/h9-11,14H,4-6,8H2,1-3H3/t9-,10+,11?/m1/s1. The lowest BCUT2D eigenvalue weighted by atomic mass is 9.96. The average molecular weight is 227 g/mol. The van der Waals surface area contributed by atoms with Gasteiger partial charge in [-0.05, 0) is 39.5 Å². The van der Waals surface area contributed by atoms with Gasteiger partial charge in [0.1, 0.15) is 6.10 Å². The van der Waals surface area contributed by atoms with Crippen LogP contribution >= 0.6 is 0 Å². The summed E-state index contributed by atoms with van der Waals surface area (Å²) in [5.74, 6) is 0.308. The molecule has 0 radical (unpaired) electrons. The van der Waals surface area contributed by atoms with Crippen molar-refractivity contribution in [2.24, 2.45) is 5.92 Å². The predicted molar refractivity (Wildman–Crippen MR) is 59.5 cm³/mol. The van der Waals surface area contributed by atoms with Crippen molar-refractivity contribution in [1.29, 1.82) is 5.26 Å². The van der Waals surface area contributed by atoms with E-state index < -0.39 is 6.29 Å². The van der Waals surface area contributed by atoms with Gasteiger partial charge >= 0.3 is 0 Å². The summed E-state index contributed by atoms with van der Waals surface area (Å²) in [5, 5.41) is 18.4. The molecule has 92 valence electrons. The summed E-state index contributed by atoms with van der Waals surface area (Å²) in [5.41, 5.74) is -0.369. The summed E-state index contributed by atoms with van der Waals surface area (Å²) in [6, 6.07) is 2.15. The molecular weight excluding hydrogens is 206 g/mol. The molecule has 1 rings (SSSR count). The Hall–Kier alpha value is -0.630. The van der Waals surface area contributed by atoms with Gasteiger partial charge in [-0.1, -0.05) is 0 Å². The molecule has 4 heteroatoms. The van der Waals surface area contributed by atoms with Crippen LogP contribution < -0.4 is 0 Å². The molecule has 1 unspecified atom stereocenters. The number of hydrogen-bond donors (Lipinski definition) is 1. The van der Waals surface area contributed by atoms with Crippen LogP contribution in [0.25, 0.3) is 0 Å². The summed E-state index contributed by atoms with van der Waals surface area (Å²) < 4.78 is 11.0. The van der Waals surface area contributed by atoms with Gasteiger partial charge in [-0.2, -0.15) is 5.26 Å². The average Bonchev–Trinajstić information content (AvgIpc) is 2.16. The highest BCUT2D eigenvalue weighted by Crippen LogP contribution is 2.25. The van der Waals surface area contributed by atoms with Gasteiger partial charge in [-0.25, -0.2) is 0 Å². The van der Waals surface area contributed by atoms with E-state index in [9.17, 15) is 5.11 Å². The van der Waals surface area contributed by atoms with E-state index >= 15 is 0 Å². The monoisotopic (exact) mass is 227 g/mol. The fourth-order valence-electron chi connectivity index (χ4n) is 1.78. The zero-order valence-electron chi connectivity index (χ0n) is 10.3. The van der Waals surface area contributed by atoms with Crippen molar-refractivity contribution in [3.05, 3.63) is 0 Å². The largest absolute Gasteiger partial charge is 0.373 e. The summed E-state index contributed by atoms with van der Waals surface area (Å²) in [6.45, 7) is 6.25. The third kappa shape index (κ3) is 4.48. The number of hydrogen-bond acceptors (Lipinski definition) is 4. The van der Waals surface area contributed by atoms with Crippen molar-refractivity contribution in [3.8, 4) is 6.07 Å². The molecule has 0 aliphatic carbocycles. The normalized spacial score (nSPS) is 28.4. The minimum absolute atomic E-state index is 0.255. The smallest absolute Gasteiger partial charge is 0.181 e. The Morgan fingerprint density at radius 3 is 2.62 bits per heavy atom. The zero-order valence-corrected chi connectivity index (χ0v) is 10.3. The molecule has 1 saturated heterocycles. The molecule has 0 bridgehead atoms. The van der Waals surface area contributed by atoms with Gasteiger partial charge in [0.15, 0.2) is 6.29 Å². The van der Waals surface area contributed by atoms with Crippen LogP contribution in [0, 0.1) is 17.2 Å². The fraction of sp³-hybridized carbons (Fsp3) is 0.917. The Kier molecular flexibility index (Phi) is 4.72. The second-order valence-electron chi connectivity index (χ2n) is 5.30. The summed E-state index contributed by atoms with van der Waals surface area (Å²) in [4.78, 5) is 0. The molecule has 1 N–H and O–H groups in total. The topological polar surface area (TPSA) is 62.5 Å². The Balaban J connectivity index is 2.33. The lowest BCUT2D eigenvalue weighted by Gasteiger charge is -2.33. The van der Waals surface area contributed by atoms with E-state index in [4.69, 9.17) is 14.7 Å². The van der Waals surface area contributed by atoms with Crippen molar-refractivity contribution >= 4 is 0 Å². The zero-order chi connectivity index (χ0) is 12.2. The lowest BCUT2D eigenvalue weighted by molar-refractivity contribution is -0.232. The third-order valence-corrected chi connectivity index (χ3v) is 2.58. The Morgan fingerprint density at radius 2 is 2.19 bits per heavy atom. The second-order valence-corrected chi connectivity index (χ2v) is 5.30. The number of aliphatic hydroxyl groups excluding tert-OH is 1. The van der Waals surface area contributed by atoms with E-state index in [0.29, 0.717) is 18.9 Å². The highest BCUT2D eigenvalue weighted by molar-refractivity contribution is 4.80. The maximum Gasteiger partial charge on any atom is 0.181 e. The molecule has 0 spiro atoms. The molecule has 4 nitrogen and oxygen atoms in total. The first kappa shape index (κ1) is 13.4. The number of nitriles is 1. The Bertz CT molecular complexity index is 246. The van der Waals surface area contributed by atoms with Crippen LogP contribution in [0.3, 0.4) is 0 Å². The molecular formula is C12H21NO3. The van der Waals surface area contributed by atoms with Crippen LogP contribution in [0.15, 0.2) is 0 Å². The fourth-order valence-corrected chi connectivity index (χ4v) is 1.78. The van der Waals surface area contributed by atoms with E-state index in [2.05, 4.69) is 6.07 Å². The third-order valence-electron chi connectivity index (χ3n) is 2.58. The van der Waals surface area contributed by atoms with E-state index in [1.165, 1.54) is 0 Å². The molecule has 1 heterocycles. The molecule has 3 atom stereocenters. The molecule has 0 saturated carbocycles. The second kappa shape index (κ2) is 5.62. The van der Waals surface area contributed by atoms with Crippen LogP contribution in [-0.2, 0) is 9.47 Å². The van der Waals surface area contributed by atoms with Gasteiger partial charge in [-0.15, -0.1) is 0 Å². The summed E-state index contributed by atoms with van der Waals surface area (Å²) in [6.07, 6.45) is 1.08. The van der Waals surface area contributed by atoms with Crippen molar-refractivity contribution in [3.63, 3.8) is 0 Å². The molecule has 0 aromatic rings. The van der Waals surface area contributed by atoms with E-state index in [1.807, 2.05) is 20.8 Å². The van der Waals surface area contributed by atoms with Crippen LogP contribution in [0.4, 0.5) is 0 Å². The molecule has 0 aromatic heterocycles. The molecule has 16 heavy (non-hydrogen) atoms. The van der Waals surface area contributed by atoms with E-state index in [1.54, 1.807) is 0 Å². The van der Waals surface area contributed by atoms with Crippen LogP contribution in [0.1, 0.15) is 40.0 Å². The van der Waals surface area contributed by atoms with Crippen molar-refractivity contribution < 1.29 is 14.6 Å². The SMILES string of the molecule is CC(C)(C)OC(O)[C@@H]1CC[C@H](CC#N)CO1. The van der Waals surface area contributed by atoms with Crippen LogP contribution in [0.2, 0.25) is 0 Å². The number of aliphatic hydroxyl groups is 1. The van der Waals surface area contributed by atoms with Crippen molar-refractivity contribution in [1.82, 2.24) is 0 Å². The lowest BCUT2D eigenvalue weighted by Crippen LogP contribution is -2.40. The maximum atomic E-state index is 9.81. The van der Waals surface area contributed by atoms with Gasteiger partial charge < -0.3 is 14.6 Å². The van der Waals surface area contributed by atoms with Gasteiger partial charge in [0.05, 0.1) is 18.3 Å². The number of ether oxygens (including phenoxy) is 2. The first-order chi connectivity index (χ1) is 7.42. The Morgan fingerprint density at radius 1 is 1.50 bits per heavy atom. The highest BCUT2D eigenvalue weighted by Gasteiger charge is 2.30. The highest BCUT2D eigenvalue weighted by atomic mass is 16.6. The maximum absolute atomic E-state index is 9.81. The van der Waals surface area contributed by atoms with Crippen molar-refractivity contribution in [2.75, 3.05) is 6.61 Å². The van der Waals surface area contributed by atoms with Gasteiger partial charge in [0.2, 0.25) is 0 Å². The first-order valence-electron chi connectivity index (χ1n) is 5.77. The summed E-state index contributed by atoms with van der Waals surface area (Å²) in [7, 11) is 0.